The van der Waals surface area contributed by atoms with Gasteiger partial charge in [0.15, 0.2) is 5.78 Å². The van der Waals surface area contributed by atoms with Gasteiger partial charge in [-0.05, 0) is 68.1 Å². The maximum Gasteiger partial charge on any atom is 0.338 e. The number of ether oxygens (including phenoxy) is 2. The minimum Gasteiger partial charge on any atom is -0.469 e. The molecule has 0 fully saturated rings. The van der Waals surface area contributed by atoms with Crippen molar-refractivity contribution >= 4 is 46.9 Å². The number of hydrogen-bond acceptors (Lipinski definition) is 8. The van der Waals surface area contributed by atoms with Gasteiger partial charge in [-0.15, -0.1) is 11.8 Å². The smallest absolute Gasteiger partial charge is 0.338 e. The van der Waals surface area contributed by atoms with Gasteiger partial charge in [0, 0.05) is 23.6 Å². The number of thioether (sulfide) groups is 1. The van der Waals surface area contributed by atoms with E-state index >= 15 is 0 Å². The molecular formula is C38H46ClFN2O5S. The molecule has 7 nitrogen and oxygen atoms in total. The van der Waals surface area contributed by atoms with Gasteiger partial charge in [0.25, 0.3) is 0 Å². The van der Waals surface area contributed by atoms with Crippen LogP contribution in [0.5, 0.6) is 0 Å². The second-order valence-electron chi connectivity index (χ2n) is 12.8. The fourth-order valence-corrected chi connectivity index (χ4v) is 7.95. The predicted molar refractivity (Wildman–Crippen MR) is 191 cm³/mol. The van der Waals surface area contributed by atoms with Crippen molar-refractivity contribution in [1.29, 1.82) is 0 Å². The highest BCUT2D eigenvalue weighted by Gasteiger charge is 2.39. The lowest BCUT2D eigenvalue weighted by atomic mass is 9.76. The second-order valence-corrected chi connectivity index (χ2v) is 14.1. The molecular weight excluding hydrogens is 651 g/mol. The highest BCUT2D eigenvalue weighted by molar-refractivity contribution is 8.04. The second kappa shape index (κ2) is 16.8. The van der Waals surface area contributed by atoms with Gasteiger partial charge >= 0.3 is 11.9 Å². The summed E-state index contributed by atoms with van der Waals surface area (Å²) in [5, 5.41) is 4.97. The molecule has 5 atom stereocenters. The SMILES string of the molecule is C=C1C=CSC1C1=NC(c2cccc(F)c2Cl)C(C(=O)OCC)=C(CC=C(CCC)C(C(=O)OC)C2CCC(C(C)C)C(=O)C=C2C)N1. The maximum absolute atomic E-state index is 14.8. The molecule has 2 heterocycles. The number of benzene rings is 1. The van der Waals surface area contributed by atoms with Crippen molar-refractivity contribution in [1.82, 2.24) is 5.32 Å². The van der Waals surface area contributed by atoms with E-state index < -0.39 is 23.7 Å². The van der Waals surface area contributed by atoms with E-state index in [0.29, 0.717) is 36.4 Å². The number of ketones is 1. The van der Waals surface area contributed by atoms with Gasteiger partial charge in [-0.25, -0.2) is 9.18 Å². The van der Waals surface area contributed by atoms with Crippen LogP contribution in [-0.2, 0) is 23.9 Å². The van der Waals surface area contributed by atoms with E-state index in [1.165, 1.54) is 24.9 Å². The Balaban J connectivity index is 1.85. The van der Waals surface area contributed by atoms with Crippen LogP contribution in [0.3, 0.4) is 0 Å². The molecule has 2 aliphatic heterocycles. The highest BCUT2D eigenvalue weighted by atomic mass is 35.5. The molecule has 0 amide bonds. The summed E-state index contributed by atoms with van der Waals surface area (Å²) in [5.74, 6) is -1.68. The summed E-state index contributed by atoms with van der Waals surface area (Å²) in [6.45, 7) is 14.1. The number of nitrogens with one attached hydrogen (secondary N) is 1. The van der Waals surface area contributed by atoms with Crippen molar-refractivity contribution in [3.8, 4) is 0 Å². The molecule has 1 aliphatic carbocycles. The molecule has 1 N–H and O–H groups in total. The Labute approximate surface area is 292 Å². The maximum atomic E-state index is 14.8. The van der Waals surface area contributed by atoms with E-state index in [2.05, 4.69) is 25.7 Å². The summed E-state index contributed by atoms with van der Waals surface area (Å²) in [7, 11) is 1.39. The van der Waals surface area contributed by atoms with E-state index in [1.54, 1.807) is 25.1 Å². The Kier molecular flexibility index (Phi) is 13.1. The van der Waals surface area contributed by atoms with E-state index in [4.69, 9.17) is 26.1 Å². The Morgan fingerprint density at radius 1 is 1.23 bits per heavy atom. The summed E-state index contributed by atoms with van der Waals surface area (Å²) >= 11 is 8.03. The summed E-state index contributed by atoms with van der Waals surface area (Å²) < 4.78 is 25.7. The normalized spacial score (nSPS) is 23.8. The molecule has 0 radical (unpaired) electrons. The van der Waals surface area contributed by atoms with Gasteiger partial charge in [0.2, 0.25) is 0 Å². The Bertz CT molecular complexity index is 1590. The molecule has 258 valence electrons. The summed E-state index contributed by atoms with van der Waals surface area (Å²) in [5.41, 5.74) is 3.62. The first-order valence-corrected chi connectivity index (χ1v) is 17.9. The molecule has 10 heteroatoms. The monoisotopic (exact) mass is 696 g/mol. The molecule has 3 aliphatic rings. The average molecular weight is 697 g/mol. The number of methoxy groups -OCH3 is 1. The van der Waals surface area contributed by atoms with Gasteiger partial charge in [0.1, 0.15) is 17.7 Å². The first-order valence-electron chi connectivity index (χ1n) is 16.6. The number of nitrogens with zero attached hydrogens (tertiary/aromatic N) is 1. The fraction of sp³-hybridized carbons (Fsp3) is 0.474. The molecule has 4 rings (SSSR count). The Hall–Kier alpha value is -3.43. The minimum absolute atomic E-state index is 0.0972. The lowest BCUT2D eigenvalue weighted by Crippen LogP contribution is -2.38. The van der Waals surface area contributed by atoms with Crippen molar-refractivity contribution in [2.45, 2.75) is 78.0 Å². The number of carbonyl (C=O) groups excluding carboxylic acids is 3. The third-order valence-corrected chi connectivity index (χ3v) is 10.8. The predicted octanol–water partition coefficient (Wildman–Crippen LogP) is 8.63. The zero-order valence-corrected chi connectivity index (χ0v) is 30.2. The standard InChI is InChI=1S/C38H46ClFN2O5S/c1-8-11-24(31(37(44)46-7)26-16-15-25(21(3)4)30(43)20-23(26)6)14-17-29-32(38(45)47-9-2)34(27-12-10-13-28(40)33(27)39)42-36(41-29)35-22(5)18-19-48-35/h10,12-14,18-21,25-26,31,34-35H,5,8-9,11,15-17H2,1-4,6-7H3,(H,41,42). The van der Waals surface area contributed by atoms with Crippen LogP contribution in [0.1, 0.15) is 78.3 Å². The quantitative estimate of drug-likeness (QED) is 0.173. The van der Waals surface area contributed by atoms with Crippen LogP contribution in [0.2, 0.25) is 5.02 Å². The van der Waals surface area contributed by atoms with Gasteiger partial charge in [-0.2, -0.15) is 0 Å². The average Bonchev–Trinajstić information content (AvgIpc) is 3.42. The summed E-state index contributed by atoms with van der Waals surface area (Å²) in [4.78, 5) is 45.3. The third-order valence-electron chi connectivity index (χ3n) is 9.28. The number of carbonyl (C=O) groups is 3. The lowest BCUT2D eigenvalue weighted by molar-refractivity contribution is -0.145. The molecule has 0 saturated carbocycles. The van der Waals surface area contributed by atoms with Gasteiger partial charge in [-0.3, -0.25) is 14.6 Å². The van der Waals surface area contributed by atoms with Gasteiger partial charge < -0.3 is 14.8 Å². The van der Waals surface area contributed by atoms with Crippen molar-refractivity contribution in [3.63, 3.8) is 0 Å². The van der Waals surface area contributed by atoms with Crippen molar-refractivity contribution in [2.24, 2.45) is 28.7 Å². The molecule has 0 aromatic heterocycles. The number of hydrogen-bond donors (Lipinski definition) is 1. The first kappa shape index (κ1) is 37.4. The molecule has 0 saturated heterocycles. The van der Waals surface area contributed by atoms with Crippen molar-refractivity contribution in [3.05, 3.63) is 92.8 Å². The van der Waals surface area contributed by atoms with Crippen LogP contribution < -0.4 is 5.32 Å². The minimum atomic E-state index is -0.946. The van der Waals surface area contributed by atoms with Crippen LogP contribution in [0.4, 0.5) is 4.39 Å². The molecule has 0 spiro atoms. The van der Waals surface area contributed by atoms with Crippen LogP contribution in [0.25, 0.3) is 0 Å². The van der Waals surface area contributed by atoms with E-state index in [-0.39, 0.29) is 58.4 Å². The molecule has 48 heavy (non-hydrogen) atoms. The molecule has 0 bridgehead atoms. The summed E-state index contributed by atoms with van der Waals surface area (Å²) in [6, 6.07) is 3.52. The zero-order chi connectivity index (χ0) is 35.1. The summed E-state index contributed by atoms with van der Waals surface area (Å²) in [6.07, 6.45) is 8.53. The Morgan fingerprint density at radius 2 is 1.96 bits per heavy atom. The lowest BCUT2D eigenvalue weighted by Gasteiger charge is -2.31. The molecule has 1 aromatic rings. The Morgan fingerprint density at radius 3 is 2.58 bits per heavy atom. The fourth-order valence-electron chi connectivity index (χ4n) is 6.80. The van der Waals surface area contributed by atoms with E-state index in [0.717, 1.165) is 23.1 Å². The van der Waals surface area contributed by atoms with E-state index in [9.17, 15) is 18.8 Å². The number of rotatable bonds is 12. The van der Waals surface area contributed by atoms with Crippen LogP contribution in [0.15, 0.2) is 81.4 Å². The van der Waals surface area contributed by atoms with Gasteiger partial charge in [-0.1, -0.05) is 80.8 Å². The molecule has 5 unspecified atom stereocenters. The zero-order valence-electron chi connectivity index (χ0n) is 28.6. The number of allylic oxidation sites excluding steroid dienone is 4. The number of aliphatic imine (C=N–C) groups is 1. The van der Waals surface area contributed by atoms with Crippen LogP contribution >= 0.6 is 23.4 Å². The van der Waals surface area contributed by atoms with Crippen molar-refractivity contribution < 1.29 is 28.2 Å². The highest BCUT2D eigenvalue weighted by Crippen LogP contribution is 2.42. The first-order chi connectivity index (χ1) is 22.9. The number of esters is 2. The van der Waals surface area contributed by atoms with Crippen molar-refractivity contribution in [2.75, 3.05) is 13.7 Å². The third kappa shape index (κ3) is 8.23. The van der Waals surface area contributed by atoms with Crippen LogP contribution in [-0.4, -0.2) is 42.5 Å². The van der Waals surface area contributed by atoms with Crippen LogP contribution in [0, 0.1) is 29.5 Å². The van der Waals surface area contributed by atoms with E-state index in [1.807, 2.05) is 31.4 Å². The van der Waals surface area contributed by atoms with Gasteiger partial charge in [0.05, 0.1) is 35.5 Å². The largest absolute Gasteiger partial charge is 0.469 e. The molecule has 1 aromatic carbocycles. The number of halogens is 2. The number of amidine groups is 1. The topological polar surface area (TPSA) is 94.1 Å².